The highest BCUT2D eigenvalue weighted by molar-refractivity contribution is 7.89. The Morgan fingerprint density at radius 3 is 2.57 bits per heavy atom. The van der Waals surface area contributed by atoms with Crippen LogP contribution in [0.1, 0.15) is 24.0 Å². The maximum Gasteiger partial charge on any atom is 0.324 e. The number of ether oxygens (including phenoxy) is 1. The van der Waals surface area contributed by atoms with Crippen molar-refractivity contribution in [3.05, 3.63) is 23.3 Å². The fourth-order valence-corrected chi connectivity index (χ4v) is 4.39. The lowest BCUT2D eigenvalue weighted by Crippen LogP contribution is -2.41. The minimum Gasteiger partial charge on any atom is -0.468 e. The third-order valence-corrected chi connectivity index (χ3v) is 5.85. The predicted octanol–water partition coefficient (Wildman–Crippen LogP) is 1.21. The van der Waals surface area contributed by atoms with Gasteiger partial charge in [0.05, 0.1) is 12.8 Å². The molecule has 0 aliphatic carbocycles. The first kappa shape index (κ1) is 15.8. The van der Waals surface area contributed by atoms with Gasteiger partial charge in [0, 0.05) is 6.54 Å². The van der Waals surface area contributed by atoms with Gasteiger partial charge in [-0.1, -0.05) is 0 Å². The van der Waals surface area contributed by atoms with Crippen LogP contribution in [-0.4, -0.2) is 38.4 Å². The van der Waals surface area contributed by atoms with Gasteiger partial charge in [-0.05, 0) is 49.9 Å². The second-order valence-electron chi connectivity index (χ2n) is 5.27. The van der Waals surface area contributed by atoms with Crippen LogP contribution in [0.15, 0.2) is 17.0 Å². The van der Waals surface area contributed by atoms with Gasteiger partial charge in [-0.3, -0.25) is 4.79 Å². The van der Waals surface area contributed by atoms with Crippen molar-refractivity contribution in [1.82, 2.24) is 4.31 Å². The Morgan fingerprint density at radius 2 is 1.95 bits per heavy atom. The maximum atomic E-state index is 12.8. The highest BCUT2D eigenvalue weighted by Gasteiger charge is 2.40. The first-order chi connectivity index (χ1) is 9.78. The van der Waals surface area contributed by atoms with Crippen LogP contribution in [0.3, 0.4) is 0 Å². The average molecular weight is 312 g/mol. The topological polar surface area (TPSA) is 89.7 Å². The highest BCUT2D eigenvalue weighted by atomic mass is 32.2. The molecule has 1 aromatic carbocycles. The van der Waals surface area contributed by atoms with E-state index in [4.69, 9.17) is 10.5 Å². The summed E-state index contributed by atoms with van der Waals surface area (Å²) in [6.07, 6.45) is 1.10. The number of nitrogens with zero attached hydrogens (tertiary/aromatic N) is 1. The summed E-state index contributed by atoms with van der Waals surface area (Å²) in [7, 11) is -2.55. The van der Waals surface area contributed by atoms with Gasteiger partial charge in [0.25, 0.3) is 0 Å². The van der Waals surface area contributed by atoms with Gasteiger partial charge in [-0.25, -0.2) is 8.42 Å². The standard InChI is InChI=1S/C14H20N2O4S/c1-9-7-11(15)13(8-10(9)2)21(18,19)16-6-4-5-12(16)14(17)20-3/h7-8,12H,4-6,15H2,1-3H3. The molecule has 7 heteroatoms. The number of nitrogens with two attached hydrogens (primary N) is 1. The monoisotopic (exact) mass is 312 g/mol. The van der Waals surface area contributed by atoms with E-state index in [9.17, 15) is 13.2 Å². The summed E-state index contributed by atoms with van der Waals surface area (Å²) in [4.78, 5) is 11.8. The Morgan fingerprint density at radius 1 is 1.33 bits per heavy atom. The van der Waals surface area contributed by atoms with E-state index in [-0.39, 0.29) is 10.6 Å². The molecule has 0 amide bonds. The second-order valence-corrected chi connectivity index (χ2v) is 7.13. The summed E-state index contributed by atoms with van der Waals surface area (Å²) in [6.45, 7) is 4.00. The van der Waals surface area contributed by atoms with Crippen LogP contribution in [0.5, 0.6) is 0 Å². The van der Waals surface area contributed by atoms with E-state index in [2.05, 4.69) is 0 Å². The van der Waals surface area contributed by atoms with E-state index in [1.54, 1.807) is 12.1 Å². The number of carbonyl (C=O) groups excluding carboxylic acids is 1. The molecule has 1 aliphatic heterocycles. The molecular formula is C14H20N2O4S. The van der Waals surface area contributed by atoms with Crippen LogP contribution in [0.2, 0.25) is 0 Å². The molecule has 0 radical (unpaired) electrons. The van der Waals surface area contributed by atoms with E-state index in [1.807, 2.05) is 13.8 Å². The van der Waals surface area contributed by atoms with Gasteiger partial charge in [0.1, 0.15) is 10.9 Å². The van der Waals surface area contributed by atoms with E-state index >= 15 is 0 Å². The van der Waals surface area contributed by atoms with Crippen molar-refractivity contribution in [1.29, 1.82) is 0 Å². The molecule has 1 saturated heterocycles. The van der Waals surface area contributed by atoms with Crippen LogP contribution in [0.25, 0.3) is 0 Å². The van der Waals surface area contributed by atoms with Gasteiger partial charge >= 0.3 is 5.97 Å². The van der Waals surface area contributed by atoms with Crippen molar-refractivity contribution in [3.63, 3.8) is 0 Å². The fourth-order valence-electron chi connectivity index (χ4n) is 2.56. The Bertz CT molecular complexity index is 670. The number of anilines is 1. The van der Waals surface area contributed by atoms with Crippen LogP contribution >= 0.6 is 0 Å². The van der Waals surface area contributed by atoms with Crippen molar-refractivity contribution in [2.75, 3.05) is 19.4 Å². The zero-order valence-electron chi connectivity index (χ0n) is 12.4. The molecule has 116 valence electrons. The summed E-state index contributed by atoms with van der Waals surface area (Å²) in [5.41, 5.74) is 7.85. The number of methoxy groups -OCH3 is 1. The normalized spacial score (nSPS) is 19.7. The van der Waals surface area contributed by atoms with Crippen LogP contribution in [0.4, 0.5) is 5.69 Å². The molecule has 0 saturated carbocycles. The molecule has 0 aromatic heterocycles. The van der Waals surface area contributed by atoms with E-state index in [1.165, 1.54) is 11.4 Å². The van der Waals surface area contributed by atoms with Crippen molar-refractivity contribution in [3.8, 4) is 0 Å². The average Bonchev–Trinajstić information content (AvgIpc) is 2.91. The smallest absolute Gasteiger partial charge is 0.324 e. The SMILES string of the molecule is COC(=O)C1CCCN1S(=O)(=O)c1cc(C)c(C)cc1N. The zero-order valence-corrected chi connectivity index (χ0v) is 13.2. The van der Waals surface area contributed by atoms with Gasteiger partial charge in [-0.2, -0.15) is 4.31 Å². The van der Waals surface area contributed by atoms with E-state index in [0.29, 0.717) is 19.4 Å². The van der Waals surface area contributed by atoms with Gasteiger partial charge in [-0.15, -0.1) is 0 Å². The van der Waals surface area contributed by atoms with Crippen LogP contribution in [0, 0.1) is 13.8 Å². The summed E-state index contributed by atoms with van der Waals surface area (Å²) >= 11 is 0. The van der Waals surface area contributed by atoms with Gasteiger partial charge in [0.2, 0.25) is 10.0 Å². The summed E-state index contributed by atoms with van der Waals surface area (Å²) in [5.74, 6) is -0.529. The van der Waals surface area contributed by atoms with Crippen molar-refractivity contribution in [2.45, 2.75) is 37.6 Å². The first-order valence-corrected chi connectivity index (χ1v) is 8.19. The number of hydrogen-bond acceptors (Lipinski definition) is 5. The van der Waals surface area contributed by atoms with E-state index in [0.717, 1.165) is 11.1 Å². The number of hydrogen-bond donors (Lipinski definition) is 1. The largest absolute Gasteiger partial charge is 0.468 e. The number of benzene rings is 1. The zero-order chi connectivity index (χ0) is 15.8. The molecular weight excluding hydrogens is 292 g/mol. The molecule has 21 heavy (non-hydrogen) atoms. The van der Waals surface area contributed by atoms with Crippen LogP contribution < -0.4 is 5.73 Å². The molecule has 0 bridgehead atoms. The van der Waals surface area contributed by atoms with Crippen molar-refractivity contribution in [2.24, 2.45) is 0 Å². The number of esters is 1. The molecule has 1 aliphatic rings. The molecule has 2 rings (SSSR count). The Hall–Kier alpha value is -1.60. The molecule has 1 fully saturated rings. The molecule has 6 nitrogen and oxygen atoms in total. The number of sulfonamides is 1. The van der Waals surface area contributed by atoms with Crippen molar-refractivity contribution >= 4 is 21.7 Å². The highest BCUT2D eigenvalue weighted by Crippen LogP contribution is 2.31. The Labute approximate surface area is 124 Å². The lowest BCUT2D eigenvalue weighted by molar-refractivity contribution is -0.144. The number of nitrogen functional groups attached to an aromatic ring is 1. The van der Waals surface area contributed by atoms with Crippen LogP contribution in [-0.2, 0) is 19.6 Å². The maximum absolute atomic E-state index is 12.8. The third-order valence-electron chi connectivity index (χ3n) is 3.89. The third kappa shape index (κ3) is 2.75. The second kappa shape index (κ2) is 5.65. The molecule has 1 heterocycles. The quantitative estimate of drug-likeness (QED) is 0.669. The van der Waals surface area contributed by atoms with Crippen molar-refractivity contribution < 1.29 is 17.9 Å². The van der Waals surface area contributed by atoms with E-state index < -0.39 is 22.0 Å². The number of aryl methyl sites for hydroxylation is 2. The van der Waals surface area contributed by atoms with Gasteiger partial charge < -0.3 is 10.5 Å². The Balaban J connectivity index is 2.47. The number of carbonyl (C=O) groups is 1. The fraction of sp³-hybridized carbons (Fsp3) is 0.500. The lowest BCUT2D eigenvalue weighted by atomic mass is 10.1. The molecule has 2 N–H and O–H groups in total. The summed E-state index contributed by atoms with van der Waals surface area (Å²) in [6, 6.07) is 2.44. The molecule has 1 atom stereocenters. The molecule has 1 aromatic rings. The molecule has 1 unspecified atom stereocenters. The van der Waals surface area contributed by atoms with Gasteiger partial charge in [0.15, 0.2) is 0 Å². The number of rotatable bonds is 3. The lowest BCUT2D eigenvalue weighted by Gasteiger charge is -2.23. The summed E-state index contributed by atoms with van der Waals surface area (Å²) in [5, 5.41) is 0. The Kier molecular flexibility index (Phi) is 4.25. The first-order valence-electron chi connectivity index (χ1n) is 6.75. The summed E-state index contributed by atoms with van der Waals surface area (Å²) < 4.78 is 31.5. The minimum atomic E-state index is -3.81. The predicted molar refractivity (Wildman–Crippen MR) is 79.3 cm³/mol. The minimum absolute atomic E-state index is 0.0569. The molecule has 0 spiro atoms.